The van der Waals surface area contributed by atoms with Crippen LogP contribution in [0.1, 0.15) is 33.6 Å². The van der Waals surface area contributed by atoms with Gasteiger partial charge >= 0.3 is 0 Å². The Morgan fingerprint density at radius 2 is 1.80 bits per heavy atom. The van der Waals surface area contributed by atoms with Gasteiger partial charge in [-0.2, -0.15) is 0 Å². The summed E-state index contributed by atoms with van der Waals surface area (Å²) < 4.78 is 23.8. The summed E-state index contributed by atoms with van der Waals surface area (Å²) in [7, 11) is -3.15. The molecule has 0 heterocycles. The normalized spacial score (nSPS) is 13.4. The summed E-state index contributed by atoms with van der Waals surface area (Å²) in [5, 5.41) is 12.4. The SMILES string of the molecule is CCCS(=O)(=O)c1ccc(NC(CCO)C(C)C)cc1. The number of rotatable bonds is 8. The molecule has 20 heavy (non-hydrogen) atoms. The van der Waals surface area contributed by atoms with Gasteiger partial charge in [-0.1, -0.05) is 20.8 Å². The average molecular weight is 299 g/mol. The number of hydrogen-bond donors (Lipinski definition) is 2. The molecule has 5 heteroatoms. The topological polar surface area (TPSA) is 66.4 Å². The van der Waals surface area contributed by atoms with Gasteiger partial charge < -0.3 is 10.4 Å². The van der Waals surface area contributed by atoms with Crippen LogP contribution in [-0.2, 0) is 9.84 Å². The van der Waals surface area contributed by atoms with E-state index in [0.29, 0.717) is 23.7 Å². The van der Waals surface area contributed by atoms with Crippen molar-refractivity contribution in [3.63, 3.8) is 0 Å². The molecule has 0 saturated carbocycles. The van der Waals surface area contributed by atoms with Crippen molar-refractivity contribution in [3.8, 4) is 0 Å². The number of nitrogens with one attached hydrogen (secondary N) is 1. The molecule has 0 amide bonds. The Morgan fingerprint density at radius 1 is 1.20 bits per heavy atom. The zero-order chi connectivity index (χ0) is 15.2. The molecule has 0 spiro atoms. The minimum absolute atomic E-state index is 0.138. The third-order valence-electron chi connectivity index (χ3n) is 3.28. The molecule has 4 nitrogen and oxygen atoms in total. The Kier molecular flexibility index (Phi) is 6.49. The van der Waals surface area contributed by atoms with Crippen LogP contribution in [0.5, 0.6) is 0 Å². The summed E-state index contributed by atoms with van der Waals surface area (Å²) in [5.41, 5.74) is 0.882. The summed E-state index contributed by atoms with van der Waals surface area (Å²) in [6.07, 6.45) is 1.29. The average Bonchev–Trinajstić information content (AvgIpc) is 2.38. The van der Waals surface area contributed by atoms with Crippen LogP contribution in [0.15, 0.2) is 29.2 Å². The van der Waals surface area contributed by atoms with Gasteiger partial charge in [0.05, 0.1) is 10.6 Å². The van der Waals surface area contributed by atoms with Crippen molar-refractivity contribution in [1.82, 2.24) is 0 Å². The molecule has 2 N–H and O–H groups in total. The minimum atomic E-state index is -3.15. The van der Waals surface area contributed by atoms with E-state index in [0.717, 1.165) is 5.69 Å². The van der Waals surface area contributed by atoms with Crippen molar-refractivity contribution >= 4 is 15.5 Å². The zero-order valence-electron chi connectivity index (χ0n) is 12.5. The molecule has 0 saturated heterocycles. The van der Waals surface area contributed by atoms with Crippen LogP contribution in [0, 0.1) is 5.92 Å². The highest BCUT2D eigenvalue weighted by Gasteiger charge is 2.15. The van der Waals surface area contributed by atoms with E-state index in [9.17, 15) is 8.42 Å². The van der Waals surface area contributed by atoms with Crippen molar-refractivity contribution in [2.24, 2.45) is 5.92 Å². The predicted octanol–water partition coefficient (Wildman–Crippen LogP) is 2.69. The van der Waals surface area contributed by atoms with E-state index < -0.39 is 9.84 Å². The molecular formula is C15H25NO3S. The number of sulfone groups is 1. The molecule has 0 bridgehead atoms. The van der Waals surface area contributed by atoms with Crippen molar-refractivity contribution in [2.75, 3.05) is 17.7 Å². The lowest BCUT2D eigenvalue weighted by atomic mass is 10.0. The van der Waals surface area contributed by atoms with E-state index in [-0.39, 0.29) is 18.4 Å². The first kappa shape index (κ1) is 17.0. The van der Waals surface area contributed by atoms with Crippen LogP contribution >= 0.6 is 0 Å². The standard InChI is InChI=1S/C15H25NO3S/c1-4-11-20(18,19)14-7-5-13(6-8-14)16-15(9-10-17)12(2)3/h5-8,12,15-17H,4,9-11H2,1-3H3. The highest BCUT2D eigenvalue weighted by molar-refractivity contribution is 7.91. The Bertz CT molecular complexity index is 494. The summed E-state index contributed by atoms with van der Waals surface area (Å²) in [6, 6.07) is 7.04. The Balaban J connectivity index is 2.81. The highest BCUT2D eigenvalue weighted by Crippen LogP contribution is 2.19. The van der Waals surface area contributed by atoms with E-state index in [1.807, 2.05) is 6.92 Å². The van der Waals surface area contributed by atoms with Gasteiger partial charge in [0.1, 0.15) is 0 Å². The Labute approximate surface area is 122 Å². The molecule has 114 valence electrons. The summed E-state index contributed by atoms with van der Waals surface area (Å²) in [4.78, 5) is 0.369. The molecule has 1 atom stereocenters. The van der Waals surface area contributed by atoms with Gasteiger partial charge in [0, 0.05) is 18.3 Å². The zero-order valence-corrected chi connectivity index (χ0v) is 13.3. The predicted molar refractivity (Wildman–Crippen MR) is 82.7 cm³/mol. The van der Waals surface area contributed by atoms with Crippen LogP contribution in [0.25, 0.3) is 0 Å². The molecule has 0 aromatic heterocycles. The van der Waals surface area contributed by atoms with Crippen molar-refractivity contribution in [2.45, 2.75) is 44.6 Å². The molecular weight excluding hydrogens is 274 g/mol. The fraction of sp³-hybridized carbons (Fsp3) is 0.600. The molecule has 1 unspecified atom stereocenters. The van der Waals surface area contributed by atoms with Crippen molar-refractivity contribution in [3.05, 3.63) is 24.3 Å². The molecule has 1 rings (SSSR count). The maximum absolute atomic E-state index is 11.9. The third kappa shape index (κ3) is 4.80. The van der Waals surface area contributed by atoms with Crippen LogP contribution < -0.4 is 5.32 Å². The van der Waals surface area contributed by atoms with Gasteiger partial charge in [-0.3, -0.25) is 0 Å². The Morgan fingerprint density at radius 3 is 2.25 bits per heavy atom. The lowest BCUT2D eigenvalue weighted by molar-refractivity contribution is 0.267. The van der Waals surface area contributed by atoms with Crippen LogP contribution in [0.4, 0.5) is 5.69 Å². The molecule has 0 fully saturated rings. The summed E-state index contributed by atoms with van der Waals surface area (Å²) in [5.74, 6) is 0.574. The first-order valence-electron chi connectivity index (χ1n) is 7.11. The van der Waals surface area contributed by atoms with E-state index in [1.165, 1.54) is 0 Å². The largest absolute Gasteiger partial charge is 0.396 e. The van der Waals surface area contributed by atoms with E-state index >= 15 is 0 Å². The van der Waals surface area contributed by atoms with Gasteiger partial charge in [0.15, 0.2) is 9.84 Å². The molecule has 0 aliphatic heterocycles. The molecule has 0 radical (unpaired) electrons. The molecule has 0 aliphatic rings. The van der Waals surface area contributed by atoms with Gasteiger partial charge in [-0.05, 0) is 43.0 Å². The number of benzene rings is 1. The Hall–Kier alpha value is -1.07. The third-order valence-corrected chi connectivity index (χ3v) is 5.22. The second-order valence-electron chi connectivity index (χ2n) is 5.35. The minimum Gasteiger partial charge on any atom is -0.396 e. The van der Waals surface area contributed by atoms with Crippen molar-refractivity contribution in [1.29, 1.82) is 0 Å². The number of anilines is 1. The van der Waals surface area contributed by atoms with Crippen LogP contribution in [-0.4, -0.2) is 31.9 Å². The fourth-order valence-electron chi connectivity index (χ4n) is 2.07. The number of aliphatic hydroxyl groups excluding tert-OH is 1. The molecule has 1 aromatic rings. The van der Waals surface area contributed by atoms with Crippen LogP contribution in [0.2, 0.25) is 0 Å². The maximum Gasteiger partial charge on any atom is 0.178 e. The number of aliphatic hydroxyl groups is 1. The lowest BCUT2D eigenvalue weighted by Gasteiger charge is -2.22. The first-order valence-corrected chi connectivity index (χ1v) is 8.76. The lowest BCUT2D eigenvalue weighted by Crippen LogP contribution is -2.26. The maximum atomic E-state index is 11.9. The number of hydrogen-bond acceptors (Lipinski definition) is 4. The fourth-order valence-corrected chi connectivity index (χ4v) is 3.39. The van der Waals surface area contributed by atoms with E-state index in [2.05, 4.69) is 19.2 Å². The quantitative estimate of drug-likeness (QED) is 0.774. The van der Waals surface area contributed by atoms with Gasteiger partial charge in [0.2, 0.25) is 0 Å². The highest BCUT2D eigenvalue weighted by atomic mass is 32.2. The second kappa shape index (κ2) is 7.64. The summed E-state index contributed by atoms with van der Waals surface area (Å²) in [6.45, 7) is 6.18. The molecule has 0 aliphatic carbocycles. The van der Waals surface area contributed by atoms with Gasteiger partial charge in [0.25, 0.3) is 0 Å². The van der Waals surface area contributed by atoms with E-state index in [4.69, 9.17) is 5.11 Å². The van der Waals surface area contributed by atoms with Crippen LogP contribution in [0.3, 0.4) is 0 Å². The second-order valence-corrected chi connectivity index (χ2v) is 7.46. The van der Waals surface area contributed by atoms with Crippen molar-refractivity contribution < 1.29 is 13.5 Å². The smallest absolute Gasteiger partial charge is 0.178 e. The van der Waals surface area contributed by atoms with Gasteiger partial charge in [-0.15, -0.1) is 0 Å². The monoisotopic (exact) mass is 299 g/mol. The first-order chi connectivity index (χ1) is 9.40. The van der Waals surface area contributed by atoms with Gasteiger partial charge in [-0.25, -0.2) is 8.42 Å². The summed E-state index contributed by atoms with van der Waals surface area (Å²) >= 11 is 0. The molecule has 1 aromatic carbocycles. The van der Waals surface area contributed by atoms with E-state index in [1.54, 1.807) is 24.3 Å².